The third-order valence-electron chi connectivity index (χ3n) is 4.38. The number of aromatic nitrogens is 2. The lowest BCUT2D eigenvalue weighted by atomic mass is 10.1. The van der Waals surface area contributed by atoms with E-state index < -0.39 is 5.82 Å². The maximum Gasteiger partial charge on any atom is 0.271 e. The average molecular weight is 416 g/mol. The van der Waals surface area contributed by atoms with Gasteiger partial charge in [-0.1, -0.05) is 29.8 Å². The molecule has 0 unspecified atom stereocenters. The molecule has 142 valence electrons. The summed E-state index contributed by atoms with van der Waals surface area (Å²) in [5, 5.41) is 3.80. The fourth-order valence-electron chi connectivity index (χ4n) is 2.99. The van der Waals surface area contributed by atoms with Gasteiger partial charge in [-0.15, -0.1) is 11.3 Å². The number of thiophene rings is 1. The fourth-order valence-corrected chi connectivity index (χ4v) is 4.23. The summed E-state index contributed by atoms with van der Waals surface area (Å²) in [5.74, 6) is -0.696. The van der Waals surface area contributed by atoms with E-state index in [1.807, 2.05) is 12.1 Å². The first-order valence-corrected chi connectivity index (χ1v) is 9.79. The lowest BCUT2D eigenvalue weighted by Crippen LogP contribution is -2.33. The maximum absolute atomic E-state index is 14.1. The van der Waals surface area contributed by atoms with Crippen LogP contribution in [0, 0.1) is 5.82 Å². The summed E-state index contributed by atoms with van der Waals surface area (Å²) in [4.78, 5) is 29.1. The van der Waals surface area contributed by atoms with Gasteiger partial charge in [-0.2, -0.15) is 0 Å². The number of amides is 1. The molecular formula is C20H15ClFN3O2S. The minimum atomic E-state index is -0.409. The summed E-state index contributed by atoms with van der Waals surface area (Å²) in [5.41, 5.74) is 1.04. The van der Waals surface area contributed by atoms with Crippen molar-refractivity contribution < 1.29 is 9.18 Å². The standard InChI is InChI=1S/C20H15ClFN3O2S/c21-13-6-4-12(5-7-13)8-9-23-16(26)10-25-11-24-18-17-14(22)2-1-3-15(17)28-19(18)20(25)27/h1-7,11H,8-10H2,(H,23,26). The highest BCUT2D eigenvalue weighted by Gasteiger charge is 2.15. The quantitative estimate of drug-likeness (QED) is 0.539. The van der Waals surface area contributed by atoms with Crippen molar-refractivity contribution in [2.75, 3.05) is 6.54 Å². The molecule has 2 heterocycles. The molecule has 1 amide bonds. The van der Waals surface area contributed by atoms with Gasteiger partial charge >= 0.3 is 0 Å². The largest absolute Gasteiger partial charge is 0.354 e. The number of carbonyl (C=O) groups is 1. The molecule has 4 rings (SSSR count). The molecular weight excluding hydrogens is 401 g/mol. The van der Waals surface area contributed by atoms with Crippen LogP contribution in [0.1, 0.15) is 5.56 Å². The first-order valence-electron chi connectivity index (χ1n) is 8.60. The molecule has 0 saturated heterocycles. The van der Waals surface area contributed by atoms with Gasteiger partial charge in [-0.25, -0.2) is 9.37 Å². The van der Waals surface area contributed by atoms with Crippen molar-refractivity contribution in [3.8, 4) is 0 Å². The van der Waals surface area contributed by atoms with Crippen LogP contribution < -0.4 is 10.9 Å². The Bertz CT molecular complexity index is 1230. The van der Waals surface area contributed by atoms with Crippen molar-refractivity contribution >= 4 is 49.1 Å². The molecule has 4 aromatic rings. The normalized spacial score (nSPS) is 11.2. The van der Waals surface area contributed by atoms with Crippen LogP contribution in [0.3, 0.4) is 0 Å². The second-order valence-corrected chi connectivity index (χ2v) is 7.79. The Morgan fingerprint density at radius 2 is 2.00 bits per heavy atom. The fraction of sp³-hybridized carbons (Fsp3) is 0.150. The molecule has 8 heteroatoms. The van der Waals surface area contributed by atoms with Crippen molar-refractivity contribution in [1.82, 2.24) is 14.9 Å². The highest BCUT2D eigenvalue weighted by atomic mass is 35.5. The molecule has 5 nitrogen and oxygen atoms in total. The van der Waals surface area contributed by atoms with Crippen LogP contribution in [0.4, 0.5) is 4.39 Å². The monoisotopic (exact) mass is 415 g/mol. The lowest BCUT2D eigenvalue weighted by Gasteiger charge is -2.07. The van der Waals surface area contributed by atoms with Crippen molar-refractivity contribution in [2.45, 2.75) is 13.0 Å². The van der Waals surface area contributed by atoms with Crippen molar-refractivity contribution in [3.05, 3.63) is 75.5 Å². The van der Waals surface area contributed by atoms with Gasteiger partial charge in [0, 0.05) is 16.3 Å². The Morgan fingerprint density at radius 1 is 1.21 bits per heavy atom. The van der Waals surface area contributed by atoms with Crippen molar-refractivity contribution in [1.29, 1.82) is 0 Å². The lowest BCUT2D eigenvalue weighted by molar-refractivity contribution is -0.121. The summed E-state index contributed by atoms with van der Waals surface area (Å²) >= 11 is 7.03. The average Bonchev–Trinajstić information content (AvgIpc) is 3.06. The topological polar surface area (TPSA) is 64.0 Å². The zero-order valence-corrected chi connectivity index (χ0v) is 16.2. The van der Waals surface area contributed by atoms with Crippen molar-refractivity contribution in [3.63, 3.8) is 0 Å². The van der Waals surface area contributed by atoms with Gasteiger partial charge in [0.1, 0.15) is 17.1 Å². The third kappa shape index (κ3) is 3.63. The summed E-state index contributed by atoms with van der Waals surface area (Å²) in [7, 11) is 0. The minimum Gasteiger partial charge on any atom is -0.354 e. The van der Waals surface area contributed by atoms with Crippen LogP contribution in [-0.2, 0) is 17.8 Å². The second-order valence-electron chi connectivity index (χ2n) is 6.30. The van der Waals surface area contributed by atoms with E-state index in [0.717, 1.165) is 5.56 Å². The molecule has 0 fully saturated rings. The summed E-state index contributed by atoms with van der Waals surface area (Å²) < 4.78 is 16.3. The third-order valence-corrected chi connectivity index (χ3v) is 5.77. The molecule has 1 N–H and O–H groups in total. The highest BCUT2D eigenvalue weighted by Crippen LogP contribution is 2.31. The Balaban J connectivity index is 1.48. The summed E-state index contributed by atoms with van der Waals surface area (Å²) in [6.45, 7) is 0.304. The maximum atomic E-state index is 14.1. The number of carbonyl (C=O) groups excluding carboxylic acids is 1. The Hall–Kier alpha value is -2.77. The van der Waals surface area contributed by atoms with E-state index >= 15 is 0 Å². The molecule has 0 saturated carbocycles. The number of rotatable bonds is 5. The van der Waals surface area contributed by atoms with Crippen LogP contribution >= 0.6 is 22.9 Å². The van der Waals surface area contributed by atoms with Gasteiger partial charge in [0.05, 0.1) is 17.2 Å². The molecule has 0 aliphatic rings. The van der Waals surface area contributed by atoms with Gasteiger partial charge in [0.25, 0.3) is 5.56 Å². The van der Waals surface area contributed by atoms with E-state index in [0.29, 0.717) is 38.3 Å². The SMILES string of the molecule is O=C(Cn1cnc2c(sc3cccc(F)c32)c1=O)NCCc1ccc(Cl)cc1. The van der Waals surface area contributed by atoms with Crippen LogP contribution in [-0.4, -0.2) is 22.0 Å². The van der Waals surface area contributed by atoms with Crippen molar-refractivity contribution in [2.24, 2.45) is 0 Å². The van der Waals surface area contributed by atoms with E-state index in [2.05, 4.69) is 10.3 Å². The van der Waals surface area contributed by atoms with E-state index in [4.69, 9.17) is 11.6 Å². The number of halogens is 2. The Morgan fingerprint density at radius 3 is 2.79 bits per heavy atom. The predicted octanol–water partition coefficient (Wildman–Crippen LogP) is 3.76. The van der Waals surface area contributed by atoms with Crippen LogP contribution in [0.15, 0.2) is 53.6 Å². The van der Waals surface area contributed by atoms with Crippen LogP contribution in [0.25, 0.3) is 20.3 Å². The first-order chi connectivity index (χ1) is 13.5. The van der Waals surface area contributed by atoms with E-state index in [9.17, 15) is 14.0 Å². The summed E-state index contributed by atoms with van der Waals surface area (Å²) in [6, 6.07) is 12.1. The highest BCUT2D eigenvalue weighted by molar-refractivity contribution is 7.25. The van der Waals surface area contributed by atoms with E-state index in [1.54, 1.807) is 24.3 Å². The van der Waals surface area contributed by atoms with Gasteiger partial charge in [-0.3, -0.25) is 14.2 Å². The molecule has 2 aromatic heterocycles. The van der Waals surface area contributed by atoms with Gasteiger partial charge in [0.15, 0.2) is 0 Å². The smallest absolute Gasteiger partial charge is 0.271 e. The molecule has 0 bridgehead atoms. The number of nitrogens with one attached hydrogen (secondary N) is 1. The number of hydrogen-bond acceptors (Lipinski definition) is 4. The molecule has 0 atom stereocenters. The minimum absolute atomic E-state index is 0.140. The van der Waals surface area contributed by atoms with E-state index in [1.165, 1.54) is 28.3 Å². The molecule has 0 spiro atoms. The molecule has 0 aliphatic heterocycles. The Labute approximate surface area is 168 Å². The number of benzene rings is 2. The molecule has 0 radical (unpaired) electrons. The van der Waals surface area contributed by atoms with Crippen LogP contribution in [0.2, 0.25) is 5.02 Å². The van der Waals surface area contributed by atoms with E-state index in [-0.39, 0.29) is 18.0 Å². The number of nitrogens with zero attached hydrogens (tertiary/aromatic N) is 2. The second kappa shape index (κ2) is 7.69. The first kappa shape index (κ1) is 18.6. The zero-order valence-electron chi connectivity index (χ0n) is 14.6. The molecule has 28 heavy (non-hydrogen) atoms. The summed E-state index contributed by atoms with van der Waals surface area (Å²) in [6.07, 6.45) is 1.95. The Kier molecular flexibility index (Phi) is 5.11. The number of hydrogen-bond donors (Lipinski definition) is 1. The van der Waals surface area contributed by atoms with Gasteiger partial charge in [0.2, 0.25) is 5.91 Å². The van der Waals surface area contributed by atoms with Gasteiger partial charge in [-0.05, 0) is 36.2 Å². The molecule has 2 aromatic carbocycles. The number of fused-ring (bicyclic) bond motifs is 3. The predicted molar refractivity (Wildman–Crippen MR) is 110 cm³/mol. The van der Waals surface area contributed by atoms with Gasteiger partial charge < -0.3 is 5.32 Å². The molecule has 0 aliphatic carbocycles. The van der Waals surface area contributed by atoms with Crippen LogP contribution in [0.5, 0.6) is 0 Å². The zero-order chi connectivity index (χ0) is 19.7.